The molecular weight excluding hydrogens is 234 g/mol. The minimum atomic E-state index is -0.160. The van der Waals surface area contributed by atoms with Gasteiger partial charge in [0.15, 0.2) is 0 Å². The summed E-state index contributed by atoms with van der Waals surface area (Å²) < 4.78 is 0. The molecule has 1 aromatic rings. The molecule has 2 rings (SSSR count). The Morgan fingerprint density at radius 2 is 1.89 bits per heavy atom. The average Bonchev–Trinajstić information content (AvgIpc) is 2.64. The smallest absolute Gasteiger partial charge is 0.0693 e. The Morgan fingerprint density at radius 1 is 1.16 bits per heavy atom. The van der Waals surface area contributed by atoms with Crippen molar-refractivity contribution < 1.29 is 5.11 Å². The van der Waals surface area contributed by atoms with Crippen molar-refractivity contribution in [2.24, 2.45) is 0 Å². The second-order valence-corrected chi connectivity index (χ2v) is 5.77. The molecule has 1 saturated carbocycles. The Kier molecular flexibility index (Phi) is 5.87. The summed E-state index contributed by atoms with van der Waals surface area (Å²) in [6.07, 6.45) is 7.77. The number of aliphatic hydroxyl groups is 1. The second-order valence-electron chi connectivity index (χ2n) is 5.77. The lowest BCUT2D eigenvalue weighted by Crippen LogP contribution is -2.45. The molecule has 0 heterocycles. The monoisotopic (exact) mass is 261 g/mol. The zero-order valence-corrected chi connectivity index (χ0v) is 12.0. The van der Waals surface area contributed by atoms with E-state index >= 15 is 0 Å². The molecule has 0 spiro atoms. The molecule has 1 aliphatic rings. The summed E-state index contributed by atoms with van der Waals surface area (Å²) in [4.78, 5) is 0. The molecule has 3 unspecified atom stereocenters. The van der Waals surface area contributed by atoms with Crippen LogP contribution >= 0.6 is 0 Å². The van der Waals surface area contributed by atoms with E-state index in [1.165, 1.54) is 24.8 Å². The van der Waals surface area contributed by atoms with Crippen LogP contribution in [-0.4, -0.2) is 23.3 Å². The lowest BCUT2D eigenvalue weighted by molar-refractivity contribution is 0.113. The van der Waals surface area contributed by atoms with Crippen LogP contribution in [0.25, 0.3) is 0 Å². The number of hydrogen-bond acceptors (Lipinski definition) is 2. The zero-order valence-electron chi connectivity index (χ0n) is 12.0. The highest BCUT2D eigenvalue weighted by Crippen LogP contribution is 2.19. The quantitative estimate of drug-likeness (QED) is 0.797. The third-order valence-corrected chi connectivity index (χ3v) is 4.25. The molecule has 0 aliphatic heterocycles. The first-order valence-electron chi connectivity index (χ1n) is 7.77. The number of benzene rings is 1. The number of hydrogen-bond donors (Lipinski definition) is 2. The number of rotatable bonds is 5. The molecule has 19 heavy (non-hydrogen) atoms. The van der Waals surface area contributed by atoms with Crippen molar-refractivity contribution in [1.29, 1.82) is 0 Å². The minimum Gasteiger partial charge on any atom is -0.392 e. The zero-order chi connectivity index (χ0) is 13.5. The molecule has 0 bridgehead atoms. The maximum absolute atomic E-state index is 10.2. The highest BCUT2D eigenvalue weighted by molar-refractivity contribution is 5.15. The molecule has 1 aromatic carbocycles. The van der Waals surface area contributed by atoms with E-state index in [1.807, 2.05) is 0 Å². The lowest BCUT2D eigenvalue weighted by atomic mass is 10.00. The van der Waals surface area contributed by atoms with Gasteiger partial charge in [-0.2, -0.15) is 0 Å². The minimum absolute atomic E-state index is 0.160. The molecule has 3 atom stereocenters. The Morgan fingerprint density at radius 3 is 2.63 bits per heavy atom. The van der Waals surface area contributed by atoms with Gasteiger partial charge in [-0.3, -0.25) is 0 Å². The van der Waals surface area contributed by atoms with Crippen LogP contribution in [0.3, 0.4) is 0 Å². The van der Waals surface area contributed by atoms with Gasteiger partial charge in [0.2, 0.25) is 0 Å². The van der Waals surface area contributed by atoms with Crippen LogP contribution in [0, 0.1) is 0 Å². The summed E-state index contributed by atoms with van der Waals surface area (Å²) in [5.74, 6) is 0. The number of nitrogens with one attached hydrogen (secondary N) is 1. The highest BCUT2D eigenvalue weighted by atomic mass is 16.3. The molecule has 1 aliphatic carbocycles. The van der Waals surface area contributed by atoms with Crippen LogP contribution in [0.2, 0.25) is 0 Å². The molecular formula is C17H27NO. The van der Waals surface area contributed by atoms with Crippen molar-refractivity contribution in [3.05, 3.63) is 35.9 Å². The maximum Gasteiger partial charge on any atom is 0.0693 e. The summed E-state index contributed by atoms with van der Waals surface area (Å²) in [6.45, 7) is 2.23. The number of aliphatic hydroxyl groups excluding tert-OH is 1. The lowest BCUT2D eigenvalue weighted by Gasteiger charge is -2.27. The highest BCUT2D eigenvalue weighted by Gasteiger charge is 2.23. The molecule has 0 radical (unpaired) electrons. The van der Waals surface area contributed by atoms with Crippen LogP contribution in [-0.2, 0) is 6.42 Å². The maximum atomic E-state index is 10.2. The Balaban J connectivity index is 1.90. The van der Waals surface area contributed by atoms with Gasteiger partial charge in [-0.1, -0.05) is 56.5 Å². The SMILES string of the molecule is CCC(Cc1ccccc1)NC1CCCCCC1O. The van der Waals surface area contributed by atoms with Gasteiger partial charge in [-0.15, -0.1) is 0 Å². The van der Waals surface area contributed by atoms with Crippen LogP contribution in [0.15, 0.2) is 30.3 Å². The van der Waals surface area contributed by atoms with Crippen molar-refractivity contribution in [3.8, 4) is 0 Å². The predicted molar refractivity (Wildman–Crippen MR) is 80.2 cm³/mol. The van der Waals surface area contributed by atoms with Gasteiger partial charge < -0.3 is 10.4 Å². The van der Waals surface area contributed by atoms with Crippen LogP contribution < -0.4 is 5.32 Å². The van der Waals surface area contributed by atoms with E-state index in [4.69, 9.17) is 0 Å². The summed E-state index contributed by atoms with van der Waals surface area (Å²) in [7, 11) is 0. The average molecular weight is 261 g/mol. The van der Waals surface area contributed by atoms with E-state index in [1.54, 1.807) is 0 Å². The van der Waals surface area contributed by atoms with Gasteiger partial charge >= 0.3 is 0 Å². The first-order valence-corrected chi connectivity index (χ1v) is 7.77. The standard InChI is InChI=1S/C17H27NO/c1-2-15(13-14-9-5-3-6-10-14)18-16-11-7-4-8-12-17(16)19/h3,5-6,9-10,15-19H,2,4,7-8,11-13H2,1H3. The molecule has 2 N–H and O–H groups in total. The van der Waals surface area contributed by atoms with Crippen molar-refractivity contribution in [1.82, 2.24) is 5.32 Å². The van der Waals surface area contributed by atoms with Gasteiger partial charge in [0.25, 0.3) is 0 Å². The van der Waals surface area contributed by atoms with Crippen LogP contribution in [0.4, 0.5) is 0 Å². The fourth-order valence-electron chi connectivity index (χ4n) is 3.00. The Hall–Kier alpha value is -0.860. The van der Waals surface area contributed by atoms with Gasteiger partial charge in [0.1, 0.15) is 0 Å². The normalized spacial score (nSPS) is 25.8. The first-order chi connectivity index (χ1) is 9.29. The third-order valence-electron chi connectivity index (χ3n) is 4.25. The fraction of sp³-hybridized carbons (Fsp3) is 0.647. The van der Waals surface area contributed by atoms with Crippen LogP contribution in [0.5, 0.6) is 0 Å². The molecule has 0 amide bonds. The molecule has 0 aromatic heterocycles. The van der Waals surface area contributed by atoms with Gasteiger partial charge in [0, 0.05) is 12.1 Å². The fourth-order valence-corrected chi connectivity index (χ4v) is 3.00. The predicted octanol–water partition coefficient (Wildman–Crippen LogP) is 3.29. The molecule has 1 fully saturated rings. The van der Waals surface area contributed by atoms with Gasteiger partial charge in [-0.25, -0.2) is 0 Å². The van der Waals surface area contributed by atoms with E-state index in [-0.39, 0.29) is 12.1 Å². The third kappa shape index (κ3) is 4.63. The Bertz CT molecular complexity index is 352. The second kappa shape index (κ2) is 7.66. The Labute approximate surface area is 117 Å². The molecule has 2 heteroatoms. The molecule has 0 saturated heterocycles. The van der Waals surface area contributed by atoms with Crippen molar-refractivity contribution in [2.45, 2.75) is 70.1 Å². The summed E-state index contributed by atoms with van der Waals surface area (Å²) in [5, 5.41) is 13.9. The molecule has 106 valence electrons. The van der Waals surface area contributed by atoms with E-state index in [9.17, 15) is 5.11 Å². The van der Waals surface area contributed by atoms with E-state index in [0.29, 0.717) is 6.04 Å². The van der Waals surface area contributed by atoms with Crippen molar-refractivity contribution >= 4 is 0 Å². The van der Waals surface area contributed by atoms with Crippen molar-refractivity contribution in [2.75, 3.05) is 0 Å². The van der Waals surface area contributed by atoms with E-state index < -0.39 is 0 Å². The largest absolute Gasteiger partial charge is 0.392 e. The van der Waals surface area contributed by atoms with E-state index in [2.05, 4.69) is 42.6 Å². The summed E-state index contributed by atoms with van der Waals surface area (Å²) in [6, 6.07) is 11.4. The summed E-state index contributed by atoms with van der Waals surface area (Å²) in [5.41, 5.74) is 1.38. The van der Waals surface area contributed by atoms with Gasteiger partial charge in [-0.05, 0) is 31.2 Å². The van der Waals surface area contributed by atoms with Crippen molar-refractivity contribution in [3.63, 3.8) is 0 Å². The first kappa shape index (κ1) is 14.5. The van der Waals surface area contributed by atoms with E-state index in [0.717, 1.165) is 25.7 Å². The summed E-state index contributed by atoms with van der Waals surface area (Å²) >= 11 is 0. The molecule has 2 nitrogen and oxygen atoms in total. The van der Waals surface area contributed by atoms with Crippen LogP contribution in [0.1, 0.15) is 51.0 Å². The van der Waals surface area contributed by atoms with Gasteiger partial charge in [0.05, 0.1) is 6.10 Å². The topological polar surface area (TPSA) is 32.3 Å².